The Morgan fingerprint density at radius 1 is 0.729 bits per heavy atom. The fourth-order valence-electron chi connectivity index (χ4n) is 8.55. The molecule has 0 bridgehead atoms. The summed E-state index contributed by atoms with van der Waals surface area (Å²) in [5, 5.41) is 0. The first kappa shape index (κ1) is 46.1. The standard InChI is InChI=1S/C42H52O17/c1-11-29(48)55-37-32(52-23(3)43)36(54-25(5)45)39(8,9)19-17-22(2)33(50)42(58-27(7)47)21-40(10,57-26(6)46)34(53-24(4)44)31(42)35-41(37,20-18-30(49)56-35)59-38(51)28-15-13-12-14-16-28/h12-17,19,22,31-32,34-37H,11,18,20-21H2,1-10H3/t22-,31+,32-,34+,35+,36+,37+,40+,41-,42+/m0/s1. The van der Waals surface area contributed by atoms with Crippen molar-refractivity contribution in [2.24, 2.45) is 17.3 Å². The van der Waals surface area contributed by atoms with Crippen LogP contribution >= 0.6 is 0 Å². The maximum Gasteiger partial charge on any atom is 0.338 e. The van der Waals surface area contributed by atoms with Gasteiger partial charge in [0, 0.05) is 71.6 Å². The minimum atomic E-state index is -2.58. The van der Waals surface area contributed by atoms with E-state index in [9.17, 15) is 38.4 Å². The van der Waals surface area contributed by atoms with Gasteiger partial charge in [0.1, 0.15) is 0 Å². The maximum absolute atomic E-state index is 15.3. The first-order chi connectivity index (χ1) is 27.4. The average Bonchev–Trinajstić information content (AvgIpc) is 3.36. The van der Waals surface area contributed by atoms with Crippen molar-refractivity contribution in [1.82, 2.24) is 0 Å². The molecule has 17 nitrogen and oxygen atoms in total. The minimum Gasteiger partial charge on any atom is -0.458 e. The summed E-state index contributed by atoms with van der Waals surface area (Å²) in [5.74, 6) is -11.7. The molecule has 1 aromatic carbocycles. The molecule has 0 radical (unpaired) electrons. The lowest BCUT2D eigenvalue weighted by atomic mass is 9.66. The lowest BCUT2D eigenvalue weighted by Crippen LogP contribution is -2.72. The Hall–Kier alpha value is -5.61. The second-order valence-corrected chi connectivity index (χ2v) is 15.9. The molecule has 0 unspecified atom stereocenters. The van der Waals surface area contributed by atoms with Gasteiger partial charge in [0.2, 0.25) is 0 Å². The van der Waals surface area contributed by atoms with Crippen LogP contribution in [0.5, 0.6) is 0 Å². The van der Waals surface area contributed by atoms with E-state index in [4.69, 9.17) is 37.9 Å². The number of hydrogen-bond donors (Lipinski definition) is 0. The predicted molar refractivity (Wildman–Crippen MR) is 200 cm³/mol. The number of ether oxygens (including phenoxy) is 8. The number of allylic oxidation sites excluding steroid dienone is 1. The molecule has 0 N–H and O–H groups in total. The number of rotatable bonds is 9. The number of benzene rings is 1. The Balaban J connectivity index is 2.33. The summed E-state index contributed by atoms with van der Waals surface area (Å²) in [6, 6.07) is 7.47. The van der Waals surface area contributed by atoms with Crippen molar-refractivity contribution in [2.75, 3.05) is 0 Å². The van der Waals surface area contributed by atoms with Crippen LogP contribution in [0, 0.1) is 17.3 Å². The highest BCUT2D eigenvalue weighted by atomic mass is 16.7. The number of carbonyl (C=O) groups excluding carboxylic acids is 9. The summed E-state index contributed by atoms with van der Waals surface area (Å²) >= 11 is 0. The highest BCUT2D eigenvalue weighted by Crippen LogP contribution is 2.57. The maximum atomic E-state index is 15.3. The molecular weight excluding hydrogens is 776 g/mol. The molecule has 3 aliphatic rings. The summed E-state index contributed by atoms with van der Waals surface area (Å²) in [6.07, 6.45) is -8.71. The Morgan fingerprint density at radius 3 is 1.85 bits per heavy atom. The number of hydrogen-bond acceptors (Lipinski definition) is 17. The van der Waals surface area contributed by atoms with E-state index >= 15 is 4.79 Å². The highest BCUT2D eigenvalue weighted by molar-refractivity contribution is 5.94. The first-order valence-corrected chi connectivity index (χ1v) is 19.2. The molecule has 1 aliphatic heterocycles. The smallest absolute Gasteiger partial charge is 0.338 e. The predicted octanol–water partition coefficient (Wildman–Crippen LogP) is 3.85. The molecule has 2 fully saturated rings. The van der Waals surface area contributed by atoms with Crippen molar-refractivity contribution in [2.45, 2.75) is 142 Å². The van der Waals surface area contributed by atoms with Crippen molar-refractivity contribution in [3.05, 3.63) is 48.0 Å². The van der Waals surface area contributed by atoms with E-state index in [0.29, 0.717) is 0 Å². The molecule has 0 amide bonds. The normalized spacial score (nSPS) is 32.5. The summed E-state index contributed by atoms with van der Waals surface area (Å²) in [6.45, 7) is 12.6. The zero-order valence-corrected chi connectivity index (χ0v) is 34.9. The van der Waals surface area contributed by atoms with E-state index in [1.54, 1.807) is 19.9 Å². The van der Waals surface area contributed by atoms with E-state index in [2.05, 4.69) is 0 Å². The third-order valence-electron chi connectivity index (χ3n) is 10.8. The molecule has 2 aliphatic carbocycles. The minimum absolute atomic E-state index is 0.0586. The van der Waals surface area contributed by atoms with Gasteiger partial charge in [0.05, 0.1) is 11.5 Å². The van der Waals surface area contributed by atoms with E-state index in [1.165, 1.54) is 57.2 Å². The van der Waals surface area contributed by atoms with Gasteiger partial charge in [0.15, 0.2) is 53.1 Å². The Kier molecular flexibility index (Phi) is 13.8. The lowest BCUT2D eigenvalue weighted by molar-refractivity contribution is -0.265. The Bertz CT molecular complexity index is 1880. The van der Waals surface area contributed by atoms with Crippen LogP contribution in [0.3, 0.4) is 0 Å². The van der Waals surface area contributed by atoms with Gasteiger partial charge in [-0.25, -0.2) is 4.79 Å². The molecule has 322 valence electrons. The molecule has 1 saturated heterocycles. The second-order valence-electron chi connectivity index (χ2n) is 15.9. The number of esters is 8. The third kappa shape index (κ3) is 9.65. The van der Waals surface area contributed by atoms with Crippen LogP contribution in [-0.2, 0) is 76.3 Å². The van der Waals surface area contributed by atoms with Crippen LogP contribution in [0.1, 0.15) is 105 Å². The second kappa shape index (κ2) is 17.7. The molecule has 4 rings (SSSR count). The molecule has 1 aromatic rings. The van der Waals surface area contributed by atoms with Crippen molar-refractivity contribution >= 4 is 53.5 Å². The van der Waals surface area contributed by atoms with Crippen LogP contribution < -0.4 is 0 Å². The van der Waals surface area contributed by atoms with Crippen LogP contribution in [0.25, 0.3) is 0 Å². The zero-order chi connectivity index (χ0) is 44.2. The molecular formula is C42H52O17. The van der Waals surface area contributed by atoms with Crippen molar-refractivity contribution in [1.29, 1.82) is 0 Å². The fourth-order valence-corrected chi connectivity index (χ4v) is 8.55. The van der Waals surface area contributed by atoms with E-state index < -0.39 is 137 Å². The van der Waals surface area contributed by atoms with Gasteiger partial charge in [-0.15, -0.1) is 0 Å². The van der Waals surface area contributed by atoms with Crippen molar-refractivity contribution in [3.63, 3.8) is 0 Å². The SMILES string of the molecule is CCC(=O)O[C@@H]1[C@@H](OC(C)=O)[C@@H](OC(C)=O)C(C)(C)C=C[C@H](C)C(=O)[C@@]2(OC(C)=O)C[C@@](C)(OC(C)=O)[C@H](OC(C)=O)[C@@H]2[C@H]2OC(=O)CC[C@@]12OC(=O)c1ccccc1. The van der Waals surface area contributed by atoms with Crippen molar-refractivity contribution in [3.8, 4) is 0 Å². The number of ketones is 1. The zero-order valence-electron chi connectivity index (χ0n) is 34.9. The van der Waals surface area contributed by atoms with Crippen LogP contribution in [0.15, 0.2) is 42.5 Å². The molecule has 59 heavy (non-hydrogen) atoms. The molecule has 10 atom stereocenters. The average molecular weight is 829 g/mol. The lowest BCUT2D eigenvalue weighted by Gasteiger charge is -2.53. The number of Topliss-reactive ketones (excluding diaryl/α,β-unsaturated/α-hetero) is 1. The summed E-state index contributed by atoms with van der Waals surface area (Å²) in [5.41, 5.74) is -8.61. The van der Waals surface area contributed by atoms with E-state index in [-0.39, 0.29) is 12.0 Å². The van der Waals surface area contributed by atoms with Crippen molar-refractivity contribution < 1.29 is 81.0 Å². The van der Waals surface area contributed by atoms with Gasteiger partial charge < -0.3 is 37.9 Å². The molecule has 0 aromatic heterocycles. The summed E-state index contributed by atoms with van der Waals surface area (Å²) < 4.78 is 48.4. The fraction of sp³-hybridized carbons (Fsp3) is 0.595. The topological polar surface area (TPSA) is 227 Å². The van der Waals surface area contributed by atoms with E-state index in [0.717, 1.165) is 34.6 Å². The summed E-state index contributed by atoms with van der Waals surface area (Å²) in [7, 11) is 0. The molecule has 1 saturated carbocycles. The largest absolute Gasteiger partial charge is 0.458 e. The van der Waals surface area contributed by atoms with Gasteiger partial charge in [-0.1, -0.05) is 58.0 Å². The Morgan fingerprint density at radius 2 is 1.31 bits per heavy atom. The highest BCUT2D eigenvalue weighted by Gasteiger charge is 2.76. The quantitative estimate of drug-likeness (QED) is 0.196. The Labute approximate surface area is 341 Å². The van der Waals surface area contributed by atoms with Gasteiger partial charge in [-0.05, 0) is 19.1 Å². The van der Waals surface area contributed by atoms with Gasteiger partial charge in [-0.3, -0.25) is 38.4 Å². The van der Waals surface area contributed by atoms with Gasteiger partial charge >= 0.3 is 47.8 Å². The number of fused-ring (bicyclic) bond motifs is 3. The van der Waals surface area contributed by atoms with E-state index in [1.807, 2.05) is 0 Å². The monoisotopic (exact) mass is 828 g/mol. The van der Waals surface area contributed by atoms with Gasteiger partial charge in [0.25, 0.3) is 0 Å². The number of carbonyl (C=O) groups is 9. The third-order valence-corrected chi connectivity index (χ3v) is 10.8. The van der Waals surface area contributed by atoms with Gasteiger partial charge in [-0.2, -0.15) is 0 Å². The molecule has 0 spiro atoms. The first-order valence-electron chi connectivity index (χ1n) is 19.2. The summed E-state index contributed by atoms with van der Waals surface area (Å²) in [4.78, 5) is 123. The van der Waals surface area contributed by atoms with Crippen LogP contribution in [0.4, 0.5) is 0 Å². The van der Waals surface area contributed by atoms with Crippen LogP contribution in [-0.4, -0.2) is 101 Å². The van der Waals surface area contributed by atoms with Crippen LogP contribution in [0.2, 0.25) is 0 Å². The molecule has 1 heterocycles. The molecule has 17 heteroatoms.